The second-order valence-electron chi connectivity index (χ2n) is 6.95. The minimum atomic E-state index is 0.480. The molecule has 2 saturated heterocycles. The summed E-state index contributed by atoms with van der Waals surface area (Å²) in [4.78, 5) is 2.70. The monoisotopic (exact) mass is 237 g/mol. The molecular formula is C14H27N3. The molecule has 3 rings (SSSR count). The molecule has 0 amide bonds. The van der Waals surface area contributed by atoms with Gasteiger partial charge in [-0.2, -0.15) is 0 Å². The maximum atomic E-state index is 6.28. The van der Waals surface area contributed by atoms with Crippen molar-refractivity contribution < 1.29 is 0 Å². The third kappa shape index (κ3) is 2.38. The van der Waals surface area contributed by atoms with Gasteiger partial charge in [-0.3, -0.25) is 0 Å². The molecule has 17 heavy (non-hydrogen) atoms. The minimum Gasteiger partial charge on any atom is -0.327 e. The van der Waals surface area contributed by atoms with Gasteiger partial charge in [0.15, 0.2) is 0 Å². The van der Waals surface area contributed by atoms with Crippen LogP contribution in [0.2, 0.25) is 0 Å². The fraction of sp³-hybridized carbons (Fsp3) is 1.00. The highest BCUT2D eigenvalue weighted by atomic mass is 15.2. The molecule has 3 heteroatoms. The summed E-state index contributed by atoms with van der Waals surface area (Å²) in [5, 5.41) is 3.51. The van der Waals surface area contributed by atoms with Crippen molar-refractivity contribution in [3.63, 3.8) is 0 Å². The topological polar surface area (TPSA) is 41.3 Å². The van der Waals surface area contributed by atoms with Gasteiger partial charge in [0, 0.05) is 32.2 Å². The van der Waals surface area contributed by atoms with Crippen LogP contribution >= 0.6 is 0 Å². The number of hydrogen-bond acceptors (Lipinski definition) is 3. The lowest BCUT2D eigenvalue weighted by molar-refractivity contribution is 0.200. The van der Waals surface area contributed by atoms with E-state index in [4.69, 9.17) is 5.73 Å². The zero-order chi connectivity index (χ0) is 11.9. The molecule has 3 fully saturated rings. The predicted molar refractivity (Wildman–Crippen MR) is 70.8 cm³/mol. The molecule has 98 valence electrons. The standard InChI is InChI=1S/C14H27N3/c1-14(5-6-16-9-14)10-17-7-11-3-2-4-13(15)12(11)8-17/h11-13,16H,2-10,15H2,1H3. The van der Waals surface area contributed by atoms with Gasteiger partial charge in [0.2, 0.25) is 0 Å². The zero-order valence-corrected chi connectivity index (χ0v) is 11.1. The van der Waals surface area contributed by atoms with Crippen LogP contribution in [0.4, 0.5) is 0 Å². The summed E-state index contributed by atoms with van der Waals surface area (Å²) in [6, 6.07) is 0.480. The number of fused-ring (bicyclic) bond motifs is 1. The van der Waals surface area contributed by atoms with Gasteiger partial charge < -0.3 is 16.0 Å². The van der Waals surface area contributed by atoms with Crippen LogP contribution < -0.4 is 11.1 Å². The van der Waals surface area contributed by atoms with E-state index >= 15 is 0 Å². The maximum Gasteiger partial charge on any atom is 0.00825 e. The summed E-state index contributed by atoms with van der Waals surface area (Å²) in [5.74, 6) is 1.69. The van der Waals surface area contributed by atoms with Crippen molar-refractivity contribution in [1.29, 1.82) is 0 Å². The molecule has 1 aliphatic carbocycles. The Bertz CT molecular complexity index is 273. The summed E-state index contributed by atoms with van der Waals surface area (Å²) in [6.45, 7) is 8.70. The molecule has 0 aromatic carbocycles. The molecule has 4 atom stereocenters. The Kier molecular flexibility index (Phi) is 3.18. The minimum absolute atomic E-state index is 0.480. The van der Waals surface area contributed by atoms with E-state index in [0.29, 0.717) is 11.5 Å². The van der Waals surface area contributed by atoms with Crippen molar-refractivity contribution in [3.05, 3.63) is 0 Å². The number of nitrogens with one attached hydrogen (secondary N) is 1. The van der Waals surface area contributed by atoms with Crippen LogP contribution in [0, 0.1) is 17.3 Å². The first-order valence-electron chi connectivity index (χ1n) is 7.35. The van der Waals surface area contributed by atoms with E-state index in [1.54, 1.807) is 0 Å². The fourth-order valence-electron chi connectivity index (χ4n) is 4.28. The Labute approximate surface area is 105 Å². The highest BCUT2D eigenvalue weighted by molar-refractivity contribution is 4.96. The average molecular weight is 237 g/mol. The lowest BCUT2D eigenvalue weighted by Crippen LogP contribution is -2.39. The molecule has 4 unspecified atom stereocenters. The van der Waals surface area contributed by atoms with Gasteiger partial charge in [-0.25, -0.2) is 0 Å². The Morgan fingerprint density at radius 2 is 2.24 bits per heavy atom. The summed E-state index contributed by atoms with van der Waals surface area (Å²) < 4.78 is 0. The summed E-state index contributed by atoms with van der Waals surface area (Å²) in [6.07, 6.45) is 5.37. The molecule has 3 aliphatic rings. The molecule has 0 spiro atoms. The normalized spacial score (nSPS) is 47.3. The van der Waals surface area contributed by atoms with Crippen molar-refractivity contribution in [2.45, 2.75) is 38.6 Å². The van der Waals surface area contributed by atoms with Crippen LogP contribution in [0.3, 0.4) is 0 Å². The van der Waals surface area contributed by atoms with Crippen LogP contribution in [0.15, 0.2) is 0 Å². The SMILES string of the molecule is CC1(CN2CC3CCCC(N)C3C2)CCNC1. The average Bonchev–Trinajstić information content (AvgIpc) is 2.86. The zero-order valence-electron chi connectivity index (χ0n) is 11.1. The number of rotatable bonds is 2. The predicted octanol–water partition coefficient (Wildman–Crippen LogP) is 1.05. The highest BCUT2D eigenvalue weighted by Crippen LogP contribution is 2.37. The van der Waals surface area contributed by atoms with Gasteiger partial charge >= 0.3 is 0 Å². The second-order valence-corrected chi connectivity index (χ2v) is 6.95. The van der Waals surface area contributed by atoms with Crippen LogP contribution in [-0.2, 0) is 0 Å². The van der Waals surface area contributed by atoms with Gasteiger partial charge in [0.1, 0.15) is 0 Å². The van der Waals surface area contributed by atoms with Crippen molar-refractivity contribution in [2.75, 3.05) is 32.7 Å². The van der Waals surface area contributed by atoms with Gasteiger partial charge in [-0.15, -0.1) is 0 Å². The largest absolute Gasteiger partial charge is 0.327 e. The lowest BCUT2D eigenvalue weighted by atomic mass is 9.78. The van der Waals surface area contributed by atoms with E-state index in [2.05, 4.69) is 17.1 Å². The molecule has 0 aromatic heterocycles. The first-order chi connectivity index (χ1) is 8.16. The molecular weight excluding hydrogens is 210 g/mol. The molecule has 0 aromatic rings. The van der Waals surface area contributed by atoms with E-state index < -0.39 is 0 Å². The molecule has 2 aliphatic heterocycles. The quantitative estimate of drug-likeness (QED) is 0.754. The maximum absolute atomic E-state index is 6.28. The van der Waals surface area contributed by atoms with Crippen LogP contribution in [0.1, 0.15) is 32.6 Å². The summed E-state index contributed by atoms with van der Waals surface area (Å²) >= 11 is 0. The molecule has 0 bridgehead atoms. The lowest BCUT2D eigenvalue weighted by Gasteiger charge is -2.30. The van der Waals surface area contributed by atoms with E-state index in [9.17, 15) is 0 Å². The van der Waals surface area contributed by atoms with Gasteiger partial charge in [-0.1, -0.05) is 13.3 Å². The van der Waals surface area contributed by atoms with Crippen molar-refractivity contribution in [2.24, 2.45) is 23.0 Å². The van der Waals surface area contributed by atoms with E-state index in [1.807, 2.05) is 0 Å². The Balaban J connectivity index is 1.59. The van der Waals surface area contributed by atoms with Crippen molar-refractivity contribution >= 4 is 0 Å². The van der Waals surface area contributed by atoms with Gasteiger partial charge in [0.25, 0.3) is 0 Å². The van der Waals surface area contributed by atoms with E-state index in [-0.39, 0.29) is 0 Å². The van der Waals surface area contributed by atoms with E-state index in [0.717, 1.165) is 11.8 Å². The van der Waals surface area contributed by atoms with Gasteiger partial charge in [-0.05, 0) is 43.1 Å². The smallest absolute Gasteiger partial charge is 0.00825 e. The Morgan fingerprint density at radius 1 is 1.35 bits per heavy atom. The molecule has 3 nitrogen and oxygen atoms in total. The number of hydrogen-bond donors (Lipinski definition) is 2. The number of nitrogens with zero attached hydrogens (tertiary/aromatic N) is 1. The van der Waals surface area contributed by atoms with Crippen molar-refractivity contribution in [3.8, 4) is 0 Å². The van der Waals surface area contributed by atoms with Crippen LogP contribution in [0.25, 0.3) is 0 Å². The third-order valence-corrected chi connectivity index (χ3v) is 5.29. The third-order valence-electron chi connectivity index (χ3n) is 5.29. The first kappa shape index (κ1) is 11.9. The van der Waals surface area contributed by atoms with E-state index in [1.165, 1.54) is 58.4 Å². The number of likely N-dealkylation sites (tertiary alicyclic amines) is 1. The van der Waals surface area contributed by atoms with Crippen LogP contribution in [0.5, 0.6) is 0 Å². The fourth-order valence-corrected chi connectivity index (χ4v) is 4.28. The Morgan fingerprint density at radius 3 is 2.94 bits per heavy atom. The Hall–Kier alpha value is -0.120. The number of nitrogens with two attached hydrogens (primary N) is 1. The molecule has 1 saturated carbocycles. The molecule has 3 N–H and O–H groups in total. The summed E-state index contributed by atoms with van der Waals surface area (Å²) in [7, 11) is 0. The highest BCUT2D eigenvalue weighted by Gasteiger charge is 2.41. The molecule has 2 heterocycles. The van der Waals surface area contributed by atoms with Gasteiger partial charge in [0.05, 0.1) is 0 Å². The van der Waals surface area contributed by atoms with Crippen LogP contribution in [-0.4, -0.2) is 43.7 Å². The van der Waals surface area contributed by atoms with Crippen molar-refractivity contribution in [1.82, 2.24) is 10.2 Å². The second kappa shape index (κ2) is 4.52. The summed E-state index contributed by atoms with van der Waals surface area (Å²) in [5.41, 5.74) is 6.80. The molecule has 0 radical (unpaired) electrons. The first-order valence-corrected chi connectivity index (χ1v) is 7.35.